The number of sulfonamides is 1. The lowest BCUT2D eigenvalue weighted by Gasteiger charge is -2.30. The summed E-state index contributed by atoms with van der Waals surface area (Å²) in [7, 11) is -3.62. The summed E-state index contributed by atoms with van der Waals surface area (Å²) >= 11 is 0. The summed E-state index contributed by atoms with van der Waals surface area (Å²) in [6.45, 7) is 5.79. The summed E-state index contributed by atoms with van der Waals surface area (Å²) in [5.74, 6) is -0.537. The first kappa shape index (κ1) is 24.3. The van der Waals surface area contributed by atoms with Gasteiger partial charge in [-0.25, -0.2) is 13.2 Å². The summed E-state index contributed by atoms with van der Waals surface area (Å²) in [4.78, 5) is 11.1. The van der Waals surface area contributed by atoms with Gasteiger partial charge in [-0.15, -0.1) is 0 Å². The van der Waals surface area contributed by atoms with Gasteiger partial charge in [0.05, 0.1) is 17.0 Å². The Hall–Kier alpha value is -3.32. The maximum atomic E-state index is 13.4. The number of aromatic carboxylic acids is 1. The number of ether oxygens (including phenoxy) is 1. The van der Waals surface area contributed by atoms with Gasteiger partial charge >= 0.3 is 5.97 Å². The number of aryl methyl sites for hydroxylation is 2. The van der Waals surface area contributed by atoms with Crippen LogP contribution in [0.4, 0.5) is 5.69 Å². The lowest BCUT2D eigenvalue weighted by Crippen LogP contribution is -2.39. The van der Waals surface area contributed by atoms with Gasteiger partial charge in [0, 0.05) is 6.04 Å². The topological polar surface area (TPSA) is 83.9 Å². The largest absolute Gasteiger partial charge is 0.487 e. The first-order valence-electron chi connectivity index (χ1n) is 10.8. The molecule has 0 aliphatic rings. The number of anilines is 1. The van der Waals surface area contributed by atoms with E-state index in [2.05, 4.69) is 0 Å². The average molecular weight is 468 g/mol. The summed E-state index contributed by atoms with van der Waals surface area (Å²) in [5.41, 5.74) is 3.39. The monoisotopic (exact) mass is 467 g/mol. The zero-order valence-electron chi connectivity index (χ0n) is 19.1. The van der Waals surface area contributed by atoms with Crippen LogP contribution < -0.4 is 9.04 Å². The number of nitrogens with zero attached hydrogens (tertiary/aromatic N) is 1. The summed E-state index contributed by atoms with van der Waals surface area (Å²) in [6.07, 6.45) is 0.421. The Morgan fingerprint density at radius 3 is 2.24 bits per heavy atom. The summed E-state index contributed by atoms with van der Waals surface area (Å²) < 4.78 is 34.2. The molecule has 0 fully saturated rings. The second kappa shape index (κ2) is 10.5. The van der Waals surface area contributed by atoms with Gasteiger partial charge in [0.2, 0.25) is 10.0 Å². The van der Waals surface area contributed by atoms with E-state index in [1.165, 1.54) is 16.4 Å². The minimum Gasteiger partial charge on any atom is -0.487 e. The van der Waals surface area contributed by atoms with Crippen LogP contribution in [0.5, 0.6) is 5.75 Å². The van der Waals surface area contributed by atoms with E-state index < -0.39 is 16.0 Å². The predicted molar refractivity (Wildman–Crippen MR) is 130 cm³/mol. The smallest absolute Gasteiger partial charge is 0.335 e. The van der Waals surface area contributed by atoms with E-state index in [1.54, 1.807) is 18.2 Å². The number of hydrogen-bond acceptors (Lipinski definition) is 4. The molecule has 6 nitrogen and oxygen atoms in total. The van der Waals surface area contributed by atoms with Crippen LogP contribution in [0.15, 0.2) is 72.8 Å². The third-order valence-corrected chi connectivity index (χ3v) is 7.15. The Bertz CT molecular complexity index is 1190. The number of carboxylic acids is 1. The molecule has 33 heavy (non-hydrogen) atoms. The minimum absolute atomic E-state index is 0.0147. The molecule has 7 heteroatoms. The van der Waals surface area contributed by atoms with Gasteiger partial charge in [0.1, 0.15) is 12.4 Å². The van der Waals surface area contributed by atoms with Crippen molar-refractivity contribution in [3.05, 3.63) is 95.1 Å². The van der Waals surface area contributed by atoms with Crippen LogP contribution >= 0.6 is 0 Å². The van der Waals surface area contributed by atoms with Crippen molar-refractivity contribution < 1.29 is 23.1 Å². The Kier molecular flexibility index (Phi) is 7.76. The molecule has 3 aromatic rings. The number of carboxylic acid groups (broad SMARTS) is 1. The van der Waals surface area contributed by atoms with E-state index >= 15 is 0 Å². The molecule has 3 aromatic carbocycles. The van der Waals surface area contributed by atoms with E-state index in [0.717, 1.165) is 16.7 Å². The minimum atomic E-state index is -3.62. The fourth-order valence-corrected chi connectivity index (χ4v) is 5.35. The zero-order chi connectivity index (χ0) is 24.0. The number of rotatable bonds is 10. The molecule has 0 unspecified atom stereocenters. The maximum Gasteiger partial charge on any atom is 0.335 e. The van der Waals surface area contributed by atoms with Crippen LogP contribution in [0.25, 0.3) is 0 Å². The van der Waals surface area contributed by atoms with Crippen LogP contribution in [0.3, 0.4) is 0 Å². The van der Waals surface area contributed by atoms with Crippen molar-refractivity contribution in [1.29, 1.82) is 0 Å². The van der Waals surface area contributed by atoms with Crippen LogP contribution in [0, 0.1) is 6.92 Å². The number of benzene rings is 3. The Morgan fingerprint density at radius 1 is 0.970 bits per heavy atom. The Morgan fingerprint density at radius 2 is 1.64 bits per heavy atom. The third kappa shape index (κ3) is 6.35. The Balaban J connectivity index is 1.85. The highest BCUT2D eigenvalue weighted by atomic mass is 32.2. The van der Waals surface area contributed by atoms with Crippen LogP contribution in [-0.2, 0) is 23.1 Å². The number of hydrogen-bond donors (Lipinski definition) is 1. The molecule has 0 saturated heterocycles. The molecule has 0 bridgehead atoms. The van der Waals surface area contributed by atoms with Crippen molar-refractivity contribution in [1.82, 2.24) is 0 Å². The molecule has 0 heterocycles. The molecule has 0 atom stereocenters. The quantitative estimate of drug-likeness (QED) is 0.451. The zero-order valence-corrected chi connectivity index (χ0v) is 19.9. The fourth-order valence-electron chi connectivity index (χ4n) is 3.56. The molecule has 0 spiro atoms. The van der Waals surface area contributed by atoms with E-state index in [0.29, 0.717) is 17.9 Å². The number of carbonyl (C=O) groups is 1. The molecule has 3 rings (SSSR count). The van der Waals surface area contributed by atoms with Crippen molar-refractivity contribution >= 4 is 21.7 Å². The van der Waals surface area contributed by atoms with Crippen LogP contribution in [0.1, 0.15) is 40.9 Å². The van der Waals surface area contributed by atoms with E-state index in [9.17, 15) is 13.2 Å². The molecule has 0 saturated carbocycles. The van der Waals surface area contributed by atoms with Gasteiger partial charge in [-0.05, 0) is 68.1 Å². The highest BCUT2D eigenvalue weighted by Crippen LogP contribution is 2.34. The SMILES string of the molecule is Cc1ccc(N(C(C)C)S(=O)(=O)CCc2ccccc2)c(OCc2ccc(C(=O)O)cc2)c1. The lowest BCUT2D eigenvalue weighted by atomic mass is 10.1. The molecule has 0 aliphatic carbocycles. The van der Waals surface area contributed by atoms with Crippen molar-refractivity contribution in [2.75, 3.05) is 10.1 Å². The third-order valence-electron chi connectivity index (χ3n) is 5.21. The lowest BCUT2D eigenvalue weighted by molar-refractivity contribution is 0.0697. The van der Waals surface area contributed by atoms with Crippen molar-refractivity contribution in [3.63, 3.8) is 0 Å². The molecule has 0 aromatic heterocycles. The van der Waals surface area contributed by atoms with Gasteiger partial charge in [-0.2, -0.15) is 0 Å². The molecular weight excluding hydrogens is 438 g/mol. The molecule has 0 radical (unpaired) electrons. The van der Waals surface area contributed by atoms with Gasteiger partial charge in [-0.1, -0.05) is 48.5 Å². The van der Waals surface area contributed by atoms with Crippen LogP contribution in [-0.4, -0.2) is 31.3 Å². The van der Waals surface area contributed by atoms with Gasteiger partial charge < -0.3 is 9.84 Å². The van der Waals surface area contributed by atoms with E-state index in [4.69, 9.17) is 9.84 Å². The first-order valence-corrected chi connectivity index (χ1v) is 12.4. The van der Waals surface area contributed by atoms with E-state index in [1.807, 2.05) is 63.2 Å². The molecule has 0 aliphatic heterocycles. The van der Waals surface area contributed by atoms with Gasteiger partial charge in [0.15, 0.2) is 0 Å². The average Bonchev–Trinajstić information content (AvgIpc) is 2.78. The fraction of sp³-hybridized carbons (Fsp3) is 0.269. The highest BCUT2D eigenvalue weighted by molar-refractivity contribution is 7.92. The summed E-state index contributed by atoms with van der Waals surface area (Å²) in [6, 6.07) is 21.1. The van der Waals surface area contributed by atoms with Gasteiger partial charge in [-0.3, -0.25) is 4.31 Å². The molecule has 174 valence electrons. The van der Waals surface area contributed by atoms with Crippen LogP contribution in [0.2, 0.25) is 0 Å². The highest BCUT2D eigenvalue weighted by Gasteiger charge is 2.28. The second-order valence-corrected chi connectivity index (χ2v) is 10.2. The predicted octanol–water partition coefficient (Wildman–Crippen LogP) is 5.06. The first-order chi connectivity index (χ1) is 15.7. The van der Waals surface area contributed by atoms with E-state index in [-0.39, 0.29) is 24.0 Å². The van der Waals surface area contributed by atoms with Gasteiger partial charge in [0.25, 0.3) is 0 Å². The molecule has 1 N–H and O–H groups in total. The van der Waals surface area contributed by atoms with Crippen molar-refractivity contribution in [2.45, 2.75) is 39.8 Å². The summed E-state index contributed by atoms with van der Waals surface area (Å²) in [5, 5.41) is 9.06. The maximum absolute atomic E-state index is 13.4. The Labute approximate surface area is 195 Å². The standard InChI is InChI=1S/C26H29NO5S/c1-19(2)27(33(30,31)16-15-21-7-5-4-6-8-21)24-14-9-20(3)17-25(24)32-18-22-10-12-23(13-11-22)26(28)29/h4-14,17,19H,15-16,18H2,1-3H3,(H,28,29). The second-order valence-electron chi connectivity index (χ2n) is 8.20. The molecule has 0 amide bonds. The van der Waals surface area contributed by atoms with Crippen molar-refractivity contribution in [3.8, 4) is 5.75 Å². The van der Waals surface area contributed by atoms with Crippen molar-refractivity contribution in [2.24, 2.45) is 0 Å². The molecular formula is C26H29NO5S. The normalized spacial score (nSPS) is 11.4.